The number of para-hydroxylation sites is 1. The monoisotopic (exact) mass is 333 g/mol. The second-order valence-electron chi connectivity index (χ2n) is 4.73. The molecule has 0 bridgehead atoms. The Morgan fingerprint density at radius 1 is 1.15 bits per heavy atom. The molecule has 0 spiro atoms. The van der Waals surface area contributed by atoms with Crippen LogP contribution >= 0.6 is 15.9 Å². The molecule has 2 aromatic rings. The summed E-state index contributed by atoms with van der Waals surface area (Å²) in [5, 5.41) is 3.48. The molecule has 0 fully saturated rings. The maximum absolute atomic E-state index is 5.50. The molecule has 2 nitrogen and oxygen atoms in total. The number of rotatable bonds is 6. The fourth-order valence-corrected chi connectivity index (χ4v) is 2.40. The van der Waals surface area contributed by atoms with Crippen LogP contribution < -0.4 is 5.32 Å². The number of nitrogens with one attached hydrogen (secondary N) is 1. The van der Waals surface area contributed by atoms with Gasteiger partial charge in [-0.2, -0.15) is 0 Å². The lowest BCUT2D eigenvalue weighted by Crippen LogP contribution is -2.03. The van der Waals surface area contributed by atoms with Crippen LogP contribution in [-0.4, -0.2) is 6.61 Å². The Labute approximate surface area is 129 Å². The first-order chi connectivity index (χ1) is 9.70. The van der Waals surface area contributed by atoms with E-state index in [9.17, 15) is 0 Å². The molecule has 0 unspecified atom stereocenters. The molecule has 0 saturated heterocycles. The molecule has 106 valence electrons. The predicted molar refractivity (Wildman–Crippen MR) is 88.0 cm³/mol. The molecule has 0 aliphatic rings. The van der Waals surface area contributed by atoms with Gasteiger partial charge < -0.3 is 10.1 Å². The van der Waals surface area contributed by atoms with Gasteiger partial charge in [0, 0.05) is 28.9 Å². The quantitative estimate of drug-likeness (QED) is 0.811. The van der Waals surface area contributed by atoms with Crippen molar-refractivity contribution in [1.82, 2.24) is 0 Å². The van der Waals surface area contributed by atoms with E-state index < -0.39 is 0 Å². The minimum atomic E-state index is 0.650. The summed E-state index contributed by atoms with van der Waals surface area (Å²) >= 11 is 3.57. The summed E-state index contributed by atoms with van der Waals surface area (Å²) < 4.78 is 6.65. The molecular formula is C17H20BrNO. The largest absolute Gasteiger partial charge is 0.381 e. The molecule has 2 aromatic carbocycles. The molecule has 0 radical (unpaired) electrons. The van der Waals surface area contributed by atoms with Crippen LogP contribution in [0.1, 0.15) is 23.6 Å². The standard InChI is InChI=1S/C17H20BrNO/c1-3-20-12-15-6-4-5-7-17(15)19-11-14-9-8-13(2)16(18)10-14/h4-10,19H,3,11-12H2,1-2H3. The van der Waals surface area contributed by atoms with Gasteiger partial charge in [0.1, 0.15) is 0 Å². The molecule has 1 N–H and O–H groups in total. The Bertz CT molecular complexity index is 569. The Morgan fingerprint density at radius 2 is 1.95 bits per heavy atom. The summed E-state index contributed by atoms with van der Waals surface area (Å²) in [6.07, 6.45) is 0. The lowest BCUT2D eigenvalue weighted by atomic mass is 10.1. The number of benzene rings is 2. The van der Waals surface area contributed by atoms with Crippen molar-refractivity contribution in [2.45, 2.75) is 27.0 Å². The third-order valence-electron chi connectivity index (χ3n) is 3.20. The van der Waals surface area contributed by atoms with Crippen LogP contribution in [0.3, 0.4) is 0 Å². The van der Waals surface area contributed by atoms with Gasteiger partial charge in [-0.05, 0) is 37.1 Å². The van der Waals surface area contributed by atoms with Gasteiger partial charge in [-0.1, -0.05) is 46.3 Å². The number of hydrogen-bond donors (Lipinski definition) is 1. The third-order valence-corrected chi connectivity index (χ3v) is 4.05. The van der Waals surface area contributed by atoms with Crippen LogP contribution in [0.4, 0.5) is 5.69 Å². The summed E-state index contributed by atoms with van der Waals surface area (Å²) in [4.78, 5) is 0. The normalized spacial score (nSPS) is 10.6. The van der Waals surface area contributed by atoms with Crippen molar-refractivity contribution in [3.63, 3.8) is 0 Å². The van der Waals surface area contributed by atoms with Crippen molar-refractivity contribution >= 4 is 21.6 Å². The predicted octanol–water partition coefficient (Wildman–Crippen LogP) is 4.91. The average molecular weight is 334 g/mol. The van der Waals surface area contributed by atoms with E-state index in [2.05, 4.69) is 58.5 Å². The van der Waals surface area contributed by atoms with Crippen LogP contribution in [0.25, 0.3) is 0 Å². The van der Waals surface area contributed by atoms with Gasteiger partial charge in [0.05, 0.1) is 6.61 Å². The van der Waals surface area contributed by atoms with Crippen molar-refractivity contribution < 1.29 is 4.74 Å². The molecule has 0 saturated carbocycles. The Balaban J connectivity index is 2.04. The zero-order chi connectivity index (χ0) is 14.4. The van der Waals surface area contributed by atoms with Crippen LogP contribution in [0.15, 0.2) is 46.9 Å². The summed E-state index contributed by atoms with van der Waals surface area (Å²) in [7, 11) is 0. The van der Waals surface area contributed by atoms with E-state index in [-0.39, 0.29) is 0 Å². The molecule has 20 heavy (non-hydrogen) atoms. The second kappa shape index (κ2) is 7.46. The van der Waals surface area contributed by atoms with E-state index in [1.807, 2.05) is 19.1 Å². The van der Waals surface area contributed by atoms with E-state index >= 15 is 0 Å². The van der Waals surface area contributed by atoms with Crippen molar-refractivity contribution in [3.05, 3.63) is 63.6 Å². The van der Waals surface area contributed by atoms with E-state index in [0.717, 1.165) is 23.3 Å². The lowest BCUT2D eigenvalue weighted by molar-refractivity contribution is 0.134. The van der Waals surface area contributed by atoms with Crippen molar-refractivity contribution in [3.8, 4) is 0 Å². The van der Waals surface area contributed by atoms with Gasteiger partial charge in [-0.15, -0.1) is 0 Å². The van der Waals surface area contributed by atoms with Crippen LogP contribution in [-0.2, 0) is 17.9 Å². The summed E-state index contributed by atoms with van der Waals surface area (Å²) in [5.74, 6) is 0. The first-order valence-electron chi connectivity index (χ1n) is 6.85. The number of anilines is 1. The number of aryl methyl sites for hydroxylation is 1. The van der Waals surface area contributed by atoms with Crippen molar-refractivity contribution in [2.24, 2.45) is 0 Å². The van der Waals surface area contributed by atoms with Gasteiger partial charge >= 0.3 is 0 Å². The Morgan fingerprint density at radius 3 is 2.70 bits per heavy atom. The minimum Gasteiger partial charge on any atom is -0.381 e. The molecule has 0 aliphatic carbocycles. The highest BCUT2D eigenvalue weighted by atomic mass is 79.9. The van der Waals surface area contributed by atoms with E-state index in [4.69, 9.17) is 4.74 Å². The maximum atomic E-state index is 5.50. The Kier molecular flexibility index (Phi) is 5.62. The summed E-state index contributed by atoms with van der Waals surface area (Å²) in [6.45, 7) is 6.30. The Hall–Kier alpha value is -1.32. The van der Waals surface area contributed by atoms with Crippen LogP contribution in [0.5, 0.6) is 0 Å². The fourth-order valence-electron chi connectivity index (χ4n) is 1.97. The summed E-state index contributed by atoms with van der Waals surface area (Å²) in [6, 6.07) is 14.7. The molecule has 0 aliphatic heterocycles. The highest BCUT2D eigenvalue weighted by Crippen LogP contribution is 2.20. The highest BCUT2D eigenvalue weighted by molar-refractivity contribution is 9.10. The second-order valence-corrected chi connectivity index (χ2v) is 5.59. The van der Waals surface area contributed by atoms with Gasteiger partial charge in [0.15, 0.2) is 0 Å². The number of ether oxygens (including phenoxy) is 1. The SMILES string of the molecule is CCOCc1ccccc1NCc1ccc(C)c(Br)c1. The van der Waals surface area contributed by atoms with Gasteiger partial charge in [0.2, 0.25) is 0 Å². The molecule has 0 atom stereocenters. The van der Waals surface area contributed by atoms with Gasteiger partial charge in [0.25, 0.3) is 0 Å². The molecule has 3 heteroatoms. The number of halogens is 1. The van der Waals surface area contributed by atoms with E-state index in [0.29, 0.717) is 6.61 Å². The third kappa shape index (κ3) is 4.09. The van der Waals surface area contributed by atoms with Gasteiger partial charge in [-0.25, -0.2) is 0 Å². The lowest BCUT2D eigenvalue weighted by Gasteiger charge is -2.12. The van der Waals surface area contributed by atoms with Crippen LogP contribution in [0, 0.1) is 6.92 Å². The smallest absolute Gasteiger partial charge is 0.0736 e. The van der Waals surface area contributed by atoms with E-state index in [1.54, 1.807) is 0 Å². The zero-order valence-electron chi connectivity index (χ0n) is 11.9. The van der Waals surface area contributed by atoms with E-state index in [1.165, 1.54) is 16.7 Å². The van der Waals surface area contributed by atoms with Gasteiger partial charge in [-0.3, -0.25) is 0 Å². The molecule has 2 rings (SSSR count). The summed E-state index contributed by atoms with van der Waals surface area (Å²) in [5.41, 5.74) is 4.84. The minimum absolute atomic E-state index is 0.650. The zero-order valence-corrected chi connectivity index (χ0v) is 13.5. The van der Waals surface area contributed by atoms with Crippen molar-refractivity contribution in [2.75, 3.05) is 11.9 Å². The molecule has 0 aromatic heterocycles. The first-order valence-corrected chi connectivity index (χ1v) is 7.64. The molecule has 0 heterocycles. The highest BCUT2D eigenvalue weighted by Gasteiger charge is 2.02. The molecular weight excluding hydrogens is 314 g/mol. The topological polar surface area (TPSA) is 21.3 Å². The fraction of sp³-hybridized carbons (Fsp3) is 0.294. The first kappa shape index (κ1) is 15.1. The maximum Gasteiger partial charge on any atom is 0.0736 e. The van der Waals surface area contributed by atoms with Crippen LogP contribution in [0.2, 0.25) is 0 Å². The number of hydrogen-bond acceptors (Lipinski definition) is 2. The average Bonchev–Trinajstić information content (AvgIpc) is 2.47. The molecule has 0 amide bonds. The van der Waals surface area contributed by atoms with Crippen molar-refractivity contribution in [1.29, 1.82) is 0 Å².